The fourth-order valence-corrected chi connectivity index (χ4v) is 3.28. The zero-order chi connectivity index (χ0) is 21.3. The molecule has 0 spiro atoms. The Bertz CT molecular complexity index is 1300. The zero-order valence-electron chi connectivity index (χ0n) is 17.2. The Morgan fingerprint density at radius 1 is 0.750 bits per heavy atom. The molecule has 0 saturated heterocycles. The number of rotatable bonds is 4. The predicted octanol–water partition coefficient (Wildman–Crippen LogP) is -3.00. The van der Waals surface area contributed by atoms with Gasteiger partial charge in [-0.15, -0.1) is 6.07 Å². The van der Waals surface area contributed by atoms with Crippen LogP contribution in [0.15, 0.2) is 71.6 Å². The zero-order valence-corrected chi connectivity index (χ0v) is 22.0. The van der Waals surface area contributed by atoms with Crippen molar-refractivity contribution in [2.24, 2.45) is 0 Å². The number of para-hydroxylation sites is 2. The summed E-state index contributed by atoms with van der Waals surface area (Å²) >= 11 is 0. The number of hydrogen-bond donors (Lipinski definition) is 2. The van der Waals surface area contributed by atoms with Gasteiger partial charge in [0, 0.05) is 0 Å². The van der Waals surface area contributed by atoms with Crippen molar-refractivity contribution in [2.75, 3.05) is 0 Å². The van der Waals surface area contributed by atoms with Crippen LogP contribution in [0.5, 0.6) is 11.5 Å². The minimum Gasteiger partial charge on any atom is -0.754 e. The molecule has 0 amide bonds. The molecule has 0 aliphatic carbocycles. The first-order valence-electron chi connectivity index (χ1n) is 8.63. The third-order valence-corrected chi connectivity index (χ3v) is 5.05. The maximum Gasteiger partial charge on any atom is 1.00 e. The van der Waals surface area contributed by atoms with Gasteiger partial charge < -0.3 is 14.8 Å². The normalized spacial score (nSPS) is 10.7. The molecule has 3 aromatic carbocycles. The van der Waals surface area contributed by atoms with Crippen LogP contribution in [0.3, 0.4) is 0 Å². The minimum atomic E-state index is -4.70. The van der Waals surface area contributed by atoms with Crippen molar-refractivity contribution in [3.05, 3.63) is 72.8 Å². The van der Waals surface area contributed by atoms with Gasteiger partial charge in [0.15, 0.2) is 11.6 Å². The van der Waals surface area contributed by atoms with E-state index in [1.165, 1.54) is 18.2 Å². The van der Waals surface area contributed by atoms with E-state index in [9.17, 15) is 23.2 Å². The van der Waals surface area contributed by atoms with Crippen LogP contribution >= 0.6 is 0 Å². The first-order chi connectivity index (χ1) is 14.3. The van der Waals surface area contributed by atoms with Crippen molar-refractivity contribution in [1.29, 1.82) is 0 Å². The second kappa shape index (κ2) is 10.9. The van der Waals surface area contributed by atoms with E-state index >= 15 is 0 Å². The molecule has 32 heavy (non-hydrogen) atoms. The van der Waals surface area contributed by atoms with E-state index in [0.717, 1.165) is 12.1 Å². The van der Waals surface area contributed by atoms with E-state index in [2.05, 4.69) is 21.0 Å². The smallest absolute Gasteiger partial charge is 0.754 e. The molecule has 0 atom stereocenters. The summed E-state index contributed by atoms with van der Waals surface area (Å²) in [7, 11) is -4.70. The summed E-state index contributed by atoms with van der Waals surface area (Å²) < 4.78 is 34.2. The number of aromatic hydroxyl groups is 2. The van der Waals surface area contributed by atoms with Gasteiger partial charge in [0.1, 0.15) is 17.3 Å². The molecule has 4 aromatic rings. The predicted molar refractivity (Wildman–Crippen MR) is 106 cm³/mol. The number of benzene rings is 3. The summed E-state index contributed by atoms with van der Waals surface area (Å²) in [4.78, 5) is 12.5. The van der Waals surface area contributed by atoms with E-state index in [1.807, 2.05) is 0 Å². The van der Waals surface area contributed by atoms with Crippen LogP contribution in [0.1, 0.15) is 0 Å². The molecular weight excluding hydrogens is 452 g/mol. The van der Waals surface area contributed by atoms with Gasteiger partial charge in [-0.3, -0.25) is 8.42 Å². The fraction of sp³-hybridized carbons (Fsp3) is 0. The summed E-state index contributed by atoms with van der Waals surface area (Å²) in [6.45, 7) is 0. The molecule has 0 aliphatic heterocycles. The van der Waals surface area contributed by atoms with Gasteiger partial charge in [-0.2, -0.15) is 18.2 Å². The van der Waals surface area contributed by atoms with Gasteiger partial charge in [0.05, 0.1) is 21.2 Å². The van der Waals surface area contributed by atoms with Crippen LogP contribution < -0.4 is 59.1 Å². The van der Waals surface area contributed by atoms with Gasteiger partial charge in [0.25, 0.3) is 0 Å². The van der Waals surface area contributed by atoms with Gasteiger partial charge in [0.2, 0.25) is 0 Å². The maximum atomic E-state index is 11.4. The monoisotopic (exact) mass is 465 g/mol. The number of nitrogens with zero attached hydrogens (tertiary/aromatic N) is 3. The standard InChI is InChI=1S/C21H14N3O5S.2Na/c25-17-10-3-1-8-15(17)20-22-19(13-6-5-7-14(12-13)30(27,28)29)23-21(24-20)16-9-2-4-11-18(16)26;;/h1-4,6-12,25-26H,(H,27,28,29);;/q-1;2*+1/p-1. The molecule has 150 valence electrons. The number of hydrogen-bond acceptors (Lipinski definition) is 8. The first-order valence-corrected chi connectivity index (χ1v) is 10.0. The van der Waals surface area contributed by atoms with Crippen molar-refractivity contribution in [1.82, 2.24) is 15.0 Å². The minimum absolute atomic E-state index is 0. The van der Waals surface area contributed by atoms with Crippen molar-refractivity contribution in [3.8, 4) is 45.7 Å². The molecule has 4 rings (SSSR count). The van der Waals surface area contributed by atoms with E-state index < -0.39 is 15.0 Å². The average Bonchev–Trinajstić information content (AvgIpc) is 2.73. The third-order valence-electron chi connectivity index (χ3n) is 4.23. The van der Waals surface area contributed by atoms with Gasteiger partial charge in [-0.1, -0.05) is 34.7 Å². The van der Waals surface area contributed by atoms with Crippen LogP contribution in [-0.4, -0.2) is 38.1 Å². The van der Waals surface area contributed by atoms with Crippen molar-refractivity contribution >= 4 is 10.1 Å². The quantitative estimate of drug-likeness (QED) is 0.185. The molecule has 0 saturated carbocycles. The van der Waals surface area contributed by atoms with E-state index in [4.69, 9.17) is 0 Å². The Hall–Kier alpha value is -1.82. The molecular formula is C21H13N3Na2O5S. The van der Waals surface area contributed by atoms with E-state index in [1.54, 1.807) is 36.4 Å². The number of phenols is 2. The Balaban J connectivity index is 0.00000181. The molecule has 1 heterocycles. The van der Waals surface area contributed by atoms with Gasteiger partial charge >= 0.3 is 59.1 Å². The second-order valence-corrected chi connectivity index (χ2v) is 7.63. The molecule has 0 unspecified atom stereocenters. The summed E-state index contributed by atoms with van der Waals surface area (Å²) in [6, 6.07) is 19.0. The molecule has 1 aromatic heterocycles. The van der Waals surface area contributed by atoms with Crippen LogP contribution in [0.25, 0.3) is 34.2 Å². The van der Waals surface area contributed by atoms with Crippen LogP contribution in [0.2, 0.25) is 0 Å². The second-order valence-electron chi connectivity index (χ2n) is 6.25. The molecule has 8 nitrogen and oxygen atoms in total. The Labute approximate surface area is 228 Å². The Kier molecular flexibility index (Phi) is 8.98. The SMILES string of the molecule is O=S(=O)([O-])c1c[c-]cc(-c2nc(-c3ccccc3O)nc(-c3ccccc3O)n2)c1.[Na+].[Na+]. The van der Waals surface area contributed by atoms with Crippen molar-refractivity contribution in [3.63, 3.8) is 0 Å². The third kappa shape index (κ3) is 5.75. The van der Waals surface area contributed by atoms with E-state index in [-0.39, 0.29) is 93.7 Å². The number of phenolic OH excluding ortho intramolecular Hbond substituents is 2. The molecule has 2 N–H and O–H groups in total. The Morgan fingerprint density at radius 2 is 1.22 bits per heavy atom. The number of aromatic nitrogens is 3. The summed E-state index contributed by atoms with van der Waals surface area (Å²) in [5.74, 6) is 0.113. The van der Waals surface area contributed by atoms with Gasteiger partial charge in [-0.25, -0.2) is 15.0 Å². The van der Waals surface area contributed by atoms with Crippen LogP contribution in [0, 0.1) is 6.07 Å². The molecule has 0 bridgehead atoms. The molecule has 11 heteroatoms. The topological polar surface area (TPSA) is 136 Å². The van der Waals surface area contributed by atoms with Gasteiger partial charge in [-0.05, 0) is 24.3 Å². The fourth-order valence-electron chi connectivity index (χ4n) is 2.80. The molecule has 0 radical (unpaired) electrons. The summed E-state index contributed by atoms with van der Waals surface area (Å²) in [5.41, 5.74) is 0.839. The van der Waals surface area contributed by atoms with Crippen molar-refractivity contribution in [2.45, 2.75) is 4.90 Å². The summed E-state index contributed by atoms with van der Waals surface area (Å²) in [5, 5.41) is 20.4. The van der Waals surface area contributed by atoms with E-state index in [0.29, 0.717) is 11.1 Å². The average molecular weight is 465 g/mol. The van der Waals surface area contributed by atoms with Crippen LogP contribution in [0.4, 0.5) is 0 Å². The first kappa shape index (κ1) is 26.4. The molecule has 0 fully saturated rings. The molecule has 0 aliphatic rings. The van der Waals surface area contributed by atoms with Crippen molar-refractivity contribution < 1.29 is 82.3 Å². The largest absolute Gasteiger partial charge is 1.00 e. The van der Waals surface area contributed by atoms with Crippen LogP contribution in [-0.2, 0) is 10.1 Å². The maximum absolute atomic E-state index is 11.4. The summed E-state index contributed by atoms with van der Waals surface area (Å²) in [6.07, 6.45) is 0. The Morgan fingerprint density at radius 3 is 1.69 bits per heavy atom.